The van der Waals surface area contributed by atoms with E-state index in [4.69, 9.17) is 10.9 Å². The fraction of sp³-hybridized carbons (Fsp3) is 0.600. The minimum atomic E-state index is -0.187. The Labute approximate surface area is 95.3 Å². The van der Waals surface area contributed by atoms with Crippen LogP contribution in [0.2, 0.25) is 0 Å². The number of hydrazine groups is 1. The minimum absolute atomic E-state index is 0.117. The number of hydrogen-bond donors (Lipinski definition) is 4. The Kier molecular flexibility index (Phi) is 4.03. The third-order valence-electron chi connectivity index (χ3n) is 2.26. The highest BCUT2D eigenvalue weighted by molar-refractivity contribution is 5.46. The van der Waals surface area contributed by atoms with E-state index in [1.807, 2.05) is 20.8 Å². The molecule has 0 aliphatic rings. The van der Waals surface area contributed by atoms with Gasteiger partial charge in [-0.3, -0.25) is 5.43 Å². The SMILES string of the molecule is Cc1cnc(NN)nc1NCC(C)(C)CO. The molecular weight excluding hydrogens is 206 g/mol. The molecule has 16 heavy (non-hydrogen) atoms. The fourth-order valence-corrected chi connectivity index (χ4v) is 1.07. The number of aliphatic hydroxyl groups excluding tert-OH is 1. The molecule has 0 saturated carbocycles. The first-order valence-corrected chi connectivity index (χ1v) is 5.13. The second-order valence-corrected chi connectivity index (χ2v) is 4.55. The first-order valence-electron chi connectivity index (χ1n) is 5.13. The molecule has 0 aliphatic carbocycles. The second kappa shape index (κ2) is 5.09. The van der Waals surface area contributed by atoms with Gasteiger partial charge in [-0.1, -0.05) is 13.8 Å². The summed E-state index contributed by atoms with van der Waals surface area (Å²) < 4.78 is 0. The molecule has 0 bridgehead atoms. The zero-order chi connectivity index (χ0) is 12.2. The lowest BCUT2D eigenvalue weighted by Crippen LogP contribution is -2.27. The molecule has 6 nitrogen and oxygen atoms in total. The molecule has 6 heteroatoms. The number of rotatable bonds is 5. The monoisotopic (exact) mass is 225 g/mol. The summed E-state index contributed by atoms with van der Waals surface area (Å²) in [5.41, 5.74) is 3.15. The van der Waals surface area contributed by atoms with Crippen LogP contribution in [0.3, 0.4) is 0 Å². The van der Waals surface area contributed by atoms with Crippen LogP contribution < -0.4 is 16.6 Å². The van der Waals surface area contributed by atoms with Gasteiger partial charge in [-0.15, -0.1) is 0 Å². The second-order valence-electron chi connectivity index (χ2n) is 4.55. The van der Waals surface area contributed by atoms with E-state index >= 15 is 0 Å². The zero-order valence-corrected chi connectivity index (χ0v) is 9.91. The number of aryl methyl sites for hydroxylation is 1. The largest absolute Gasteiger partial charge is 0.396 e. The van der Waals surface area contributed by atoms with Gasteiger partial charge >= 0.3 is 0 Å². The molecule has 0 aromatic carbocycles. The van der Waals surface area contributed by atoms with Crippen LogP contribution in [-0.2, 0) is 0 Å². The highest BCUT2D eigenvalue weighted by Gasteiger charge is 2.16. The van der Waals surface area contributed by atoms with Crippen molar-refractivity contribution in [3.63, 3.8) is 0 Å². The van der Waals surface area contributed by atoms with E-state index in [-0.39, 0.29) is 12.0 Å². The van der Waals surface area contributed by atoms with Crippen LogP contribution in [0.4, 0.5) is 11.8 Å². The lowest BCUT2D eigenvalue weighted by molar-refractivity contribution is 0.170. The molecule has 1 rings (SSSR count). The number of anilines is 2. The summed E-state index contributed by atoms with van der Waals surface area (Å²) in [5.74, 6) is 6.33. The van der Waals surface area contributed by atoms with Crippen LogP contribution in [0, 0.1) is 12.3 Å². The summed E-state index contributed by atoms with van der Waals surface area (Å²) in [6.45, 7) is 6.60. The van der Waals surface area contributed by atoms with Crippen molar-refractivity contribution in [2.75, 3.05) is 23.9 Å². The van der Waals surface area contributed by atoms with Crippen LogP contribution in [0.5, 0.6) is 0 Å². The maximum Gasteiger partial charge on any atom is 0.239 e. The quantitative estimate of drug-likeness (QED) is 0.430. The van der Waals surface area contributed by atoms with Crippen molar-refractivity contribution >= 4 is 11.8 Å². The van der Waals surface area contributed by atoms with Crippen LogP contribution in [0.15, 0.2) is 6.20 Å². The predicted molar refractivity (Wildman–Crippen MR) is 63.9 cm³/mol. The number of aromatic nitrogens is 2. The lowest BCUT2D eigenvalue weighted by atomic mass is 9.95. The van der Waals surface area contributed by atoms with Crippen LogP contribution in [0.25, 0.3) is 0 Å². The maximum atomic E-state index is 9.14. The minimum Gasteiger partial charge on any atom is -0.396 e. The van der Waals surface area contributed by atoms with Gasteiger partial charge < -0.3 is 10.4 Å². The Balaban J connectivity index is 2.73. The van der Waals surface area contributed by atoms with Crippen LogP contribution >= 0.6 is 0 Å². The normalized spacial score (nSPS) is 11.3. The number of nitrogens with two attached hydrogens (primary N) is 1. The number of nitrogen functional groups attached to an aromatic ring is 1. The third kappa shape index (κ3) is 3.32. The topological polar surface area (TPSA) is 96.1 Å². The van der Waals surface area contributed by atoms with Gasteiger partial charge in [0.25, 0.3) is 0 Å². The average molecular weight is 225 g/mol. The Morgan fingerprint density at radius 1 is 1.50 bits per heavy atom. The summed E-state index contributed by atoms with van der Waals surface area (Å²) in [6, 6.07) is 0. The van der Waals surface area contributed by atoms with Crippen molar-refractivity contribution in [3.05, 3.63) is 11.8 Å². The van der Waals surface area contributed by atoms with Crippen molar-refractivity contribution in [2.45, 2.75) is 20.8 Å². The van der Waals surface area contributed by atoms with E-state index in [1.165, 1.54) is 0 Å². The van der Waals surface area contributed by atoms with E-state index in [2.05, 4.69) is 20.7 Å². The van der Waals surface area contributed by atoms with Crippen molar-refractivity contribution in [1.29, 1.82) is 0 Å². The van der Waals surface area contributed by atoms with Crippen molar-refractivity contribution < 1.29 is 5.11 Å². The summed E-state index contributed by atoms with van der Waals surface area (Å²) in [7, 11) is 0. The van der Waals surface area contributed by atoms with Gasteiger partial charge in [0.05, 0.1) is 0 Å². The first kappa shape index (κ1) is 12.7. The van der Waals surface area contributed by atoms with Gasteiger partial charge in [0.1, 0.15) is 5.82 Å². The van der Waals surface area contributed by atoms with Gasteiger partial charge in [-0.05, 0) is 6.92 Å². The highest BCUT2D eigenvalue weighted by Crippen LogP contribution is 2.17. The zero-order valence-electron chi connectivity index (χ0n) is 9.91. The summed E-state index contributed by atoms with van der Waals surface area (Å²) in [6.07, 6.45) is 1.69. The molecule has 1 aromatic rings. The molecule has 0 spiro atoms. The van der Waals surface area contributed by atoms with Gasteiger partial charge in [-0.25, -0.2) is 10.8 Å². The highest BCUT2D eigenvalue weighted by atomic mass is 16.3. The molecule has 0 amide bonds. The Morgan fingerprint density at radius 3 is 2.75 bits per heavy atom. The van der Waals surface area contributed by atoms with Gasteiger partial charge in [0, 0.05) is 30.3 Å². The van der Waals surface area contributed by atoms with Gasteiger partial charge in [-0.2, -0.15) is 4.98 Å². The van der Waals surface area contributed by atoms with Crippen LogP contribution in [-0.4, -0.2) is 28.2 Å². The van der Waals surface area contributed by atoms with Crippen molar-refractivity contribution in [1.82, 2.24) is 9.97 Å². The number of aliphatic hydroxyl groups is 1. The molecule has 0 saturated heterocycles. The molecule has 0 atom stereocenters. The molecule has 5 N–H and O–H groups in total. The van der Waals surface area contributed by atoms with Crippen molar-refractivity contribution in [2.24, 2.45) is 11.3 Å². The average Bonchev–Trinajstić information content (AvgIpc) is 2.28. The Bertz CT molecular complexity index is 353. The third-order valence-corrected chi connectivity index (χ3v) is 2.26. The molecule has 0 aliphatic heterocycles. The summed E-state index contributed by atoms with van der Waals surface area (Å²) in [4.78, 5) is 8.17. The molecule has 90 valence electrons. The fourth-order valence-electron chi connectivity index (χ4n) is 1.07. The molecule has 1 heterocycles. The Morgan fingerprint density at radius 2 is 2.19 bits per heavy atom. The number of nitrogens with one attached hydrogen (secondary N) is 2. The summed E-state index contributed by atoms with van der Waals surface area (Å²) in [5, 5.41) is 12.3. The number of hydrogen-bond acceptors (Lipinski definition) is 6. The summed E-state index contributed by atoms with van der Waals surface area (Å²) >= 11 is 0. The van der Waals surface area contributed by atoms with E-state index in [0.717, 1.165) is 11.4 Å². The molecular formula is C10H19N5O. The first-order chi connectivity index (χ1) is 7.48. The van der Waals surface area contributed by atoms with Crippen LogP contribution in [0.1, 0.15) is 19.4 Å². The molecule has 0 fully saturated rings. The standard InChI is InChI=1S/C10H19N5O/c1-7-4-12-9(15-11)14-8(7)13-5-10(2,3)6-16/h4,16H,5-6,11H2,1-3H3,(H2,12,13,14,15). The maximum absolute atomic E-state index is 9.14. The van der Waals surface area contributed by atoms with E-state index < -0.39 is 0 Å². The number of nitrogens with zero attached hydrogens (tertiary/aromatic N) is 2. The van der Waals surface area contributed by atoms with E-state index in [1.54, 1.807) is 6.20 Å². The molecule has 0 radical (unpaired) electrons. The predicted octanol–water partition coefficient (Wildman–Crippen LogP) is 0.501. The lowest BCUT2D eigenvalue weighted by Gasteiger charge is -2.22. The van der Waals surface area contributed by atoms with E-state index in [9.17, 15) is 0 Å². The van der Waals surface area contributed by atoms with Crippen molar-refractivity contribution in [3.8, 4) is 0 Å². The van der Waals surface area contributed by atoms with Gasteiger partial charge in [0.2, 0.25) is 5.95 Å². The molecule has 0 unspecified atom stereocenters. The smallest absolute Gasteiger partial charge is 0.239 e. The van der Waals surface area contributed by atoms with Gasteiger partial charge in [0.15, 0.2) is 0 Å². The Hall–Kier alpha value is -1.40. The molecule has 1 aromatic heterocycles. The van der Waals surface area contributed by atoms with E-state index in [0.29, 0.717) is 12.5 Å².